The maximum atomic E-state index is 15.3. The summed E-state index contributed by atoms with van der Waals surface area (Å²) in [5.74, 6) is -1.14. The summed E-state index contributed by atoms with van der Waals surface area (Å²) in [6.45, 7) is 1.48. The number of cyclic esters (lactones) is 1. The van der Waals surface area contributed by atoms with Gasteiger partial charge in [-0.15, -0.1) is 0 Å². The molecule has 3 N–H and O–H groups in total. The van der Waals surface area contributed by atoms with Crippen LogP contribution in [0, 0.1) is 5.82 Å². The molecule has 32 heavy (non-hydrogen) atoms. The zero-order chi connectivity index (χ0) is 22.4. The molecule has 1 aromatic carbocycles. The summed E-state index contributed by atoms with van der Waals surface area (Å²) in [5.41, 5.74) is 6.47. The Kier molecular flexibility index (Phi) is 3.76. The first-order valence-electron chi connectivity index (χ1n) is 10.2. The van der Waals surface area contributed by atoms with E-state index in [0.717, 1.165) is 0 Å². The molecule has 3 aliphatic rings. The zero-order valence-corrected chi connectivity index (χ0v) is 17.0. The summed E-state index contributed by atoms with van der Waals surface area (Å²) in [4.78, 5) is 30.2. The van der Waals surface area contributed by atoms with Crippen LogP contribution in [0.5, 0.6) is 11.5 Å². The molecule has 1 atom stereocenters. The molecule has 3 aliphatic heterocycles. The van der Waals surface area contributed by atoms with Gasteiger partial charge in [0.1, 0.15) is 6.61 Å². The minimum Gasteiger partial charge on any atom is -0.458 e. The molecule has 0 saturated heterocycles. The summed E-state index contributed by atoms with van der Waals surface area (Å²) in [7, 11) is 0. The maximum Gasteiger partial charge on any atom is 0.343 e. The first-order valence-corrected chi connectivity index (χ1v) is 10.2. The van der Waals surface area contributed by atoms with Gasteiger partial charge in [0.2, 0.25) is 12.5 Å². The fourth-order valence-electron chi connectivity index (χ4n) is 4.86. The van der Waals surface area contributed by atoms with Crippen LogP contribution in [0.4, 0.5) is 4.39 Å². The highest BCUT2D eigenvalue weighted by Gasteiger charge is 2.45. The number of aliphatic hydroxyl groups is 1. The van der Waals surface area contributed by atoms with Crippen LogP contribution < -0.4 is 20.8 Å². The summed E-state index contributed by atoms with van der Waals surface area (Å²) in [6.07, 6.45) is 0.0441. The van der Waals surface area contributed by atoms with Gasteiger partial charge < -0.3 is 29.6 Å². The van der Waals surface area contributed by atoms with Gasteiger partial charge in [0.05, 0.1) is 29.0 Å². The van der Waals surface area contributed by atoms with Crippen LogP contribution >= 0.6 is 0 Å². The molecule has 2 aromatic heterocycles. The van der Waals surface area contributed by atoms with Crippen molar-refractivity contribution in [3.63, 3.8) is 0 Å². The van der Waals surface area contributed by atoms with Gasteiger partial charge in [0.15, 0.2) is 17.2 Å². The topological polar surface area (TPSA) is 126 Å². The maximum absolute atomic E-state index is 15.3. The highest BCUT2D eigenvalue weighted by atomic mass is 19.1. The van der Waals surface area contributed by atoms with Crippen molar-refractivity contribution in [3.8, 4) is 22.9 Å². The molecule has 10 heteroatoms. The number of hydrogen-bond acceptors (Lipinski definition) is 8. The van der Waals surface area contributed by atoms with Crippen molar-refractivity contribution in [1.82, 2.24) is 9.55 Å². The molecular weight excluding hydrogens is 421 g/mol. The summed E-state index contributed by atoms with van der Waals surface area (Å²) in [6, 6.07) is 3.19. The molecule has 0 bridgehead atoms. The minimum absolute atomic E-state index is 0.0146. The van der Waals surface area contributed by atoms with Crippen LogP contribution in [-0.4, -0.2) is 27.4 Å². The Morgan fingerprint density at radius 3 is 2.81 bits per heavy atom. The SMILES string of the molecule is CC[C@@]1(O)C(=O)OCc2c1cc1n(c2=O)Cc2c-1nc1cc3c(c(F)c1c2CN)OCO3. The van der Waals surface area contributed by atoms with Gasteiger partial charge in [-0.05, 0) is 18.1 Å². The number of fused-ring (bicyclic) bond motifs is 6. The number of nitrogens with zero attached hydrogens (tertiary/aromatic N) is 2. The monoisotopic (exact) mass is 439 g/mol. The van der Waals surface area contributed by atoms with Crippen LogP contribution in [0.15, 0.2) is 16.9 Å². The van der Waals surface area contributed by atoms with Gasteiger partial charge in [-0.1, -0.05) is 6.92 Å². The number of nitrogens with two attached hydrogens (primary N) is 1. The minimum atomic E-state index is -1.92. The van der Waals surface area contributed by atoms with Gasteiger partial charge in [0, 0.05) is 29.1 Å². The molecule has 0 aliphatic carbocycles. The summed E-state index contributed by atoms with van der Waals surface area (Å²) < 4.78 is 32.4. The van der Waals surface area contributed by atoms with Gasteiger partial charge in [0.25, 0.3) is 5.56 Å². The Bertz CT molecular complexity index is 1430. The molecule has 0 amide bonds. The van der Waals surface area contributed by atoms with Crippen LogP contribution in [0.3, 0.4) is 0 Å². The normalized spacial score (nSPS) is 20.2. The van der Waals surface area contributed by atoms with Crippen molar-refractivity contribution in [2.75, 3.05) is 6.79 Å². The lowest BCUT2D eigenvalue weighted by molar-refractivity contribution is -0.172. The number of esters is 1. The second-order valence-electron chi connectivity index (χ2n) is 8.04. The van der Waals surface area contributed by atoms with E-state index < -0.39 is 22.9 Å². The van der Waals surface area contributed by atoms with Crippen molar-refractivity contribution in [2.45, 2.75) is 38.6 Å². The van der Waals surface area contributed by atoms with Crippen molar-refractivity contribution in [2.24, 2.45) is 5.73 Å². The van der Waals surface area contributed by atoms with Gasteiger partial charge in [-0.2, -0.15) is 0 Å². The van der Waals surface area contributed by atoms with Gasteiger partial charge >= 0.3 is 5.97 Å². The van der Waals surface area contributed by atoms with Crippen LogP contribution in [0.2, 0.25) is 0 Å². The van der Waals surface area contributed by atoms with Crippen LogP contribution in [0.25, 0.3) is 22.3 Å². The third-order valence-electron chi connectivity index (χ3n) is 6.57. The zero-order valence-electron chi connectivity index (χ0n) is 17.0. The lowest BCUT2D eigenvalue weighted by Gasteiger charge is -2.31. The first-order chi connectivity index (χ1) is 15.4. The van der Waals surface area contributed by atoms with Crippen LogP contribution in [-0.2, 0) is 34.8 Å². The molecule has 0 spiro atoms. The number of carbonyl (C=O) groups excluding carboxylic acids is 1. The Morgan fingerprint density at radius 2 is 2.06 bits per heavy atom. The fraction of sp³-hybridized carbons (Fsp3) is 0.318. The fourth-order valence-corrected chi connectivity index (χ4v) is 4.86. The van der Waals surface area contributed by atoms with Gasteiger partial charge in [-0.25, -0.2) is 14.2 Å². The number of carbonyl (C=O) groups is 1. The quantitative estimate of drug-likeness (QED) is 0.449. The number of halogens is 1. The molecule has 5 heterocycles. The van der Waals surface area contributed by atoms with E-state index in [1.54, 1.807) is 19.1 Å². The van der Waals surface area contributed by atoms with Crippen molar-refractivity contribution in [1.29, 1.82) is 0 Å². The molecular formula is C22H18FN3O6. The predicted molar refractivity (Wildman–Crippen MR) is 108 cm³/mol. The third kappa shape index (κ3) is 2.20. The summed E-state index contributed by atoms with van der Waals surface area (Å²) in [5, 5.41) is 11.2. The highest BCUT2D eigenvalue weighted by Crippen LogP contribution is 2.44. The number of aromatic nitrogens is 2. The first kappa shape index (κ1) is 19.2. The largest absolute Gasteiger partial charge is 0.458 e. The number of rotatable bonds is 2. The number of hydrogen-bond donors (Lipinski definition) is 2. The second-order valence-corrected chi connectivity index (χ2v) is 8.04. The van der Waals surface area contributed by atoms with Crippen molar-refractivity contribution < 1.29 is 28.5 Å². The molecule has 0 radical (unpaired) electrons. The van der Waals surface area contributed by atoms with E-state index in [9.17, 15) is 14.7 Å². The summed E-state index contributed by atoms with van der Waals surface area (Å²) >= 11 is 0. The molecule has 0 fully saturated rings. The van der Waals surface area contributed by atoms with Crippen molar-refractivity contribution in [3.05, 3.63) is 50.6 Å². The average molecular weight is 439 g/mol. The van der Waals surface area contributed by atoms with E-state index in [0.29, 0.717) is 28.0 Å². The lowest BCUT2D eigenvalue weighted by Crippen LogP contribution is -2.44. The van der Waals surface area contributed by atoms with E-state index >= 15 is 4.39 Å². The Morgan fingerprint density at radius 1 is 1.25 bits per heavy atom. The number of pyridine rings is 2. The predicted octanol–water partition coefficient (Wildman–Crippen LogP) is 1.41. The standard InChI is InChI=1S/C22H18FN3O6/c1-2-22(29)12-3-14-18-10(6-26(14)20(27)11(12)7-30-21(22)28)9(5-24)16-13(25-18)4-15-19(17(16)23)32-8-31-15/h3-4,29H,2,5-8,24H2,1H3/t22-/m0/s1. The number of benzene rings is 1. The number of ether oxygens (including phenoxy) is 3. The van der Waals surface area contributed by atoms with E-state index in [2.05, 4.69) is 4.98 Å². The molecule has 0 saturated carbocycles. The van der Waals surface area contributed by atoms with E-state index in [1.165, 1.54) is 4.57 Å². The third-order valence-corrected chi connectivity index (χ3v) is 6.57. The van der Waals surface area contributed by atoms with Gasteiger partial charge in [-0.3, -0.25) is 4.79 Å². The molecule has 6 rings (SSSR count). The molecule has 9 nitrogen and oxygen atoms in total. The second kappa shape index (κ2) is 6.27. The lowest BCUT2D eigenvalue weighted by atomic mass is 9.86. The smallest absolute Gasteiger partial charge is 0.343 e. The highest BCUT2D eigenvalue weighted by molar-refractivity contribution is 5.92. The Labute approximate surface area is 180 Å². The van der Waals surface area contributed by atoms with E-state index in [4.69, 9.17) is 19.9 Å². The molecule has 0 unspecified atom stereocenters. The van der Waals surface area contributed by atoms with E-state index in [-0.39, 0.29) is 60.9 Å². The average Bonchev–Trinajstić information content (AvgIpc) is 3.40. The van der Waals surface area contributed by atoms with Crippen LogP contribution in [0.1, 0.15) is 35.6 Å². The Hall–Kier alpha value is -3.50. The van der Waals surface area contributed by atoms with E-state index in [1.807, 2.05) is 0 Å². The van der Waals surface area contributed by atoms with Crippen molar-refractivity contribution >= 4 is 16.9 Å². The molecule has 3 aromatic rings. The Balaban J connectivity index is 1.67. The molecule has 164 valence electrons.